The van der Waals surface area contributed by atoms with Gasteiger partial charge < -0.3 is 15.6 Å². The Hall–Kier alpha value is -2.13. The third-order valence-corrected chi connectivity index (χ3v) is 6.04. The minimum Gasteiger partial charge on any atom is -0.361 e. The topological polar surface area (TPSA) is 68.3 Å². The van der Waals surface area contributed by atoms with E-state index in [0.717, 1.165) is 63.6 Å². The minimum absolute atomic E-state index is 0. The maximum absolute atomic E-state index is 4.86. The fraction of sp³-hybridized carbons (Fsp3) is 0.440. The van der Waals surface area contributed by atoms with Crippen molar-refractivity contribution in [1.29, 1.82) is 0 Å². The van der Waals surface area contributed by atoms with Crippen molar-refractivity contribution in [2.24, 2.45) is 4.99 Å². The van der Waals surface area contributed by atoms with Gasteiger partial charge >= 0.3 is 0 Å². The molecular formula is C25H35IN6. The molecule has 172 valence electrons. The summed E-state index contributed by atoms with van der Waals surface area (Å²) in [6.45, 7) is 9.02. The van der Waals surface area contributed by atoms with E-state index in [4.69, 9.17) is 4.99 Å². The summed E-state index contributed by atoms with van der Waals surface area (Å²) in [7, 11) is 0. The van der Waals surface area contributed by atoms with Gasteiger partial charge in [0.15, 0.2) is 5.96 Å². The Morgan fingerprint density at radius 2 is 2.03 bits per heavy atom. The number of rotatable bonds is 7. The lowest BCUT2D eigenvalue weighted by molar-refractivity contribution is 0.196. The van der Waals surface area contributed by atoms with Crippen LogP contribution in [0.1, 0.15) is 36.6 Å². The molecule has 1 aliphatic heterocycles. The molecule has 3 N–H and O–H groups in total. The van der Waals surface area contributed by atoms with Crippen molar-refractivity contribution in [3.8, 4) is 0 Å². The van der Waals surface area contributed by atoms with Gasteiger partial charge in [0.05, 0.1) is 5.69 Å². The Balaban J connectivity index is 0.00000289. The molecule has 2 aromatic heterocycles. The zero-order valence-electron chi connectivity index (χ0n) is 19.1. The molecule has 6 nitrogen and oxygen atoms in total. The fourth-order valence-electron chi connectivity index (χ4n) is 4.33. The number of likely N-dealkylation sites (tertiary alicyclic amines) is 1. The Labute approximate surface area is 208 Å². The summed E-state index contributed by atoms with van der Waals surface area (Å²) in [6.07, 6.45) is 7.19. The highest BCUT2D eigenvalue weighted by Gasteiger charge is 2.20. The number of guanidine groups is 1. The normalized spacial score (nSPS) is 15.5. The van der Waals surface area contributed by atoms with Gasteiger partial charge in [-0.05, 0) is 56.4 Å². The molecule has 7 heteroatoms. The summed E-state index contributed by atoms with van der Waals surface area (Å²) in [5.41, 5.74) is 5.01. The molecule has 4 rings (SSSR count). The Morgan fingerprint density at radius 3 is 2.78 bits per heavy atom. The molecule has 0 saturated carbocycles. The standard InChI is InChI=1S/C25H34N6.HI/c1-3-26-25(28-14-10-20-17-29-24-19(2)7-6-9-23(20)24)30-21-11-15-31(16-12-21)18-22-8-4-5-13-27-22;/h4-9,13,17,21,29H,3,10-12,14-16,18H2,1-2H3,(H2,26,28,30);1H. The van der Waals surface area contributed by atoms with Crippen LogP contribution in [0.25, 0.3) is 10.9 Å². The van der Waals surface area contributed by atoms with Gasteiger partial charge in [-0.3, -0.25) is 14.9 Å². The van der Waals surface area contributed by atoms with E-state index in [1.807, 2.05) is 12.3 Å². The van der Waals surface area contributed by atoms with Gasteiger partial charge in [-0.2, -0.15) is 0 Å². The molecule has 0 radical (unpaired) electrons. The van der Waals surface area contributed by atoms with Crippen molar-refractivity contribution in [3.05, 3.63) is 65.6 Å². The molecule has 0 spiro atoms. The van der Waals surface area contributed by atoms with E-state index in [1.165, 1.54) is 22.0 Å². The highest BCUT2D eigenvalue weighted by Crippen LogP contribution is 2.21. The van der Waals surface area contributed by atoms with Crippen LogP contribution in [0.2, 0.25) is 0 Å². The molecule has 0 unspecified atom stereocenters. The van der Waals surface area contributed by atoms with Crippen LogP contribution in [0.3, 0.4) is 0 Å². The number of aromatic nitrogens is 2. The zero-order valence-corrected chi connectivity index (χ0v) is 21.4. The Morgan fingerprint density at radius 1 is 1.19 bits per heavy atom. The van der Waals surface area contributed by atoms with Crippen LogP contribution in [0.15, 0.2) is 53.8 Å². The van der Waals surface area contributed by atoms with Crippen LogP contribution in [-0.4, -0.2) is 53.0 Å². The predicted molar refractivity (Wildman–Crippen MR) is 144 cm³/mol. The van der Waals surface area contributed by atoms with Crippen molar-refractivity contribution in [2.75, 3.05) is 26.2 Å². The van der Waals surface area contributed by atoms with Crippen LogP contribution in [0, 0.1) is 6.92 Å². The fourth-order valence-corrected chi connectivity index (χ4v) is 4.33. The summed E-state index contributed by atoms with van der Waals surface area (Å²) in [5.74, 6) is 0.932. The average molecular weight is 547 g/mol. The van der Waals surface area contributed by atoms with Gasteiger partial charge in [0.1, 0.15) is 0 Å². The first-order valence-corrected chi connectivity index (χ1v) is 11.5. The molecule has 1 saturated heterocycles. The molecule has 32 heavy (non-hydrogen) atoms. The van der Waals surface area contributed by atoms with Crippen LogP contribution in [0.4, 0.5) is 0 Å². The number of aromatic amines is 1. The van der Waals surface area contributed by atoms with Crippen molar-refractivity contribution in [2.45, 2.75) is 45.7 Å². The number of hydrogen-bond acceptors (Lipinski definition) is 3. The summed E-state index contributed by atoms with van der Waals surface area (Å²) in [6, 6.07) is 13.1. The van der Waals surface area contributed by atoms with Crippen LogP contribution >= 0.6 is 24.0 Å². The molecule has 3 heterocycles. The second kappa shape index (κ2) is 12.2. The number of halogens is 1. The van der Waals surface area contributed by atoms with Crippen molar-refractivity contribution < 1.29 is 0 Å². The summed E-state index contributed by atoms with van der Waals surface area (Å²) < 4.78 is 0. The van der Waals surface area contributed by atoms with Gasteiger partial charge in [0, 0.05) is 62.1 Å². The Kier molecular flexibility index (Phi) is 9.35. The number of H-pyrrole nitrogens is 1. The number of aryl methyl sites for hydroxylation is 1. The number of pyridine rings is 1. The third kappa shape index (κ3) is 6.45. The number of aliphatic imine (C=N–C) groups is 1. The van der Waals surface area contributed by atoms with Gasteiger partial charge in [0.2, 0.25) is 0 Å². The first-order chi connectivity index (χ1) is 15.2. The van der Waals surface area contributed by atoms with Gasteiger partial charge in [-0.15, -0.1) is 24.0 Å². The number of para-hydroxylation sites is 1. The summed E-state index contributed by atoms with van der Waals surface area (Å²) in [5, 5.41) is 8.38. The number of nitrogens with zero attached hydrogens (tertiary/aromatic N) is 3. The van der Waals surface area contributed by atoms with Crippen molar-refractivity contribution >= 4 is 40.8 Å². The van der Waals surface area contributed by atoms with E-state index in [2.05, 4.69) is 75.9 Å². The third-order valence-electron chi connectivity index (χ3n) is 6.04. The van der Waals surface area contributed by atoms with E-state index in [-0.39, 0.29) is 24.0 Å². The SMILES string of the molecule is CCNC(=NCCc1c[nH]c2c(C)cccc12)NC1CCN(Cc2ccccn2)CC1.I. The molecule has 0 aliphatic carbocycles. The minimum atomic E-state index is 0. The van der Waals surface area contributed by atoms with Gasteiger partial charge in [-0.25, -0.2) is 0 Å². The molecule has 0 bridgehead atoms. The van der Waals surface area contributed by atoms with Crippen LogP contribution in [0.5, 0.6) is 0 Å². The largest absolute Gasteiger partial charge is 0.361 e. The lowest BCUT2D eigenvalue weighted by Gasteiger charge is -2.32. The zero-order chi connectivity index (χ0) is 21.5. The average Bonchev–Trinajstić information content (AvgIpc) is 3.20. The molecule has 1 aromatic carbocycles. The summed E-state index contributed by atoms with van der Waals surface area (Å²) >= 11 is 0. The second-order valence-corrected chi connectivity index (χ2v) is 8.34. The lowest BCUT2D eigenvalue weighted by Crippen LogP contribution is -2.48. The molecule has 0 atom stereocenters. The van der Waals surface area contributed by atoms with E-state index in [1.54, 1.807) is 0 Å². The number of piperidine rings is 1. The predicted octanol–water partition coefficient (Wildman–Crippen LogP) is 4.25. The maximum atomic E-state index is 4.86. The Bertz CT molecular complexity index is 992. The number of nitrogens with one attached hydrogen (secondary N) is 3. The van der Waals surface area contributed by atoms with Gasteiger partial charge in [0.25, 0.3) is 0 Å². The smallest absolute Gasteiger partial charge is 0.191 e. The molecule has 1 aliphatic rings. The first-order valence-electron chi connectivity index (χ1n) is 11.5. The lowest BCUT2D eigenvalue weighted by atomic mass is 10.0. The summed E-state index contributed by atoms with van der Waals surface area (Å²) in [4.78, 5) is 15.2. The maximum Gasteiger partial charge on any atom is 0.191 e. The van der Waals surface area contributed by atoms with Crippen molar-refractivity contribution in [3.63, 3.8) is 0 Å². The highest BCUT2D eigenvalue weighted by molar-refractivity contribution is 14.0. The number of hydrogen-bond donors (Lipinski definition) is 3. The van der Waals surface area contributed by atoms with E-state index in [0.29, 0.717) is 6.04 Å². The monoisotopic (exact) mass is 546 g/mol. The van der Waals surface area contributed by atoms with E-state index < -0.39 is 0 Å². The molecule has 0 amide bonds. The van der Waals surface area contributed by atoms with E-state index in [9.17, 15) is 0 Å². The first kappa shape index (κ1) is 24.5. The van der Waals surface area contributed by atoms with E-state index >= 15 is 0 Å². The van der Waals surface area contributed by atoms with Crippen LogP contribution < -0.4 is 10.6 Å². The molecular weight excluding hydrogens is 511 g/mol. The van der Waals surface area contributed by atoms with Gasteiger partial charge in [-0.1, -0.05) is 24.3 Å². The number of fused-ring (bicyclic) bond motifs is 1. The second-order valence-electron chi connectivity index (χ2n) is 8.34. The molecule has 3 aromatic rings. The van der Waals surface area contributed by atoms with Crippen LogP contribution in [-0.2, 0) is 13.0 Å². The quantitative estimate of drug-likeness (QED) is 0.236. The van der Waals surface area contributed by atoms with Crippen molar-refractivity contribution in [1.82, 2.24) is 25.5 Å². The molecule has 1 fully saturated rings. The highest BCUT2D eigenvalue weighted by atomic mass is 127. The number of benzene rings is 1.